The Morgan fingerprint density at radius 1 is 0.436 bits per heavy atom. The SMILES string of the molecule is CC1(C)c2ccccc2-c2c(-c3ccc4cc(N(c5ccccc5-c5ccccc5)c5cccc6c5sc5ccccc56)ccc4c3)cc3ccccc3c21. The molecule has 0 fully saturated rings. The first-order valence-electron chi connectivity index (χ1n) is 19.1. The van der Waals surface area contributed by atoms with Crippen molar-refractivity contribution < 1.29 is 0 Å². The highest BCUT2D eigenvalue weighted by atomic mass is 32.1. The number of anilines is 3. The lowest BCUT2D eigenvalue weighted by Gasteiger charge is -2.28. The van der Waals surface area contributed by atoms with Gasteiger partial charge in [0.05, 0.1) is 16.1 Å². The van der Waals surface area contributed by atoms with Gasteiger partial charge in [-0.15, -0.1) is 11.3 Å². The van der Waals surface area contributed by atoms with Gasteiger partial charge < -0.3 is 4.90 Å². The Hall–Kier alpha value is -6.48. The van der Waals surface area contributed by atoms with Crippen molar-refractivity contribution in [2.75, 3.05) is 4.90 Å². The number of rotatable bonds is 5. The quantitative estimate of drug-likeness (QED) is 0.171. The average molecular weight is 720 g/mol. The second-order valence-corrected chi connectivity index (χ2v) is 16.3. The van der Waals surface area contributed by atoms with Gasteiger partial charge in [-0.05, 0) is 103 Å². The van der Waals surface area contributed by atoms with Crippen molar-refractivity contribution in [3.8, 4) is 33.4 Å². The summed E-state index contributed by atoms with van der Waals surface area (Å²) in [5.41, 5.74) is 13.9. The third kappa shape index (κ3) is 4.92. The third-order valence-electron chi connectivity index (χ3n) is 11.8. The van der Waals surface area contributed by atoms with Crippen LogP contribution in [0.25, 0.3) is 75.1 Å². The molecule has 0 aliphatic heterocycles. The van der Waals surface area contributed by atoms with Crippen molar-refractivity contribution in [3.05, 3.63) is 199 Å². The molecule has 10 aromatic rings. The predicted molar refractivity (Wildman–Crippen MR) is 237 cm³/mol. The zero-order chi connectivity index (χ0) is 36.7. The van der Waals surface area contributed by atoms with Gasteiger partial charge in [0.25, 0.3) is 0 Å². The minimum atomic E-state index is -0.0932. The van der Waals surface area contributed by atoms with Gasteiger partial charge in [0, 0.05) is 32.1 Å². The van der Waals surface area contributed by atoms with E-state index in [-0.39, 0.29) is 5.41 Å². The second kappa shape index (κ2) is 12.3. The summed E-state index contributed by atoms with van der Waals surface area (Å²) < 4.78 is 2.59. The van der Waals surface area contributed by atoms with Crippen LogP contribution in [0.3, 0.4) is 0 Å². The van der Waals surface area contributed by atoms with Gasteiger partial charge in [-0.3, -0.25) is 0 Å². The van der Waals surface area contributed by atoms with Crippen LogP contribution in [0.15, 0.2) is 188 Å². The third-order valence-corrected chi connectivity index (χ3v) is 13.0. The molecule has 0 N–H and O–H groups in total. The molecule has 0 unspecified atom stereocenters. The van der Waals surface area contributed by atoms with E-state index in [0.29, 0.717) is 0 Å². The Morgan fingerprint density at radius 2 is 1.11 bits per heavy atom. The van der Waals surface area contributed by atoms with Crippen molar-refractivity contribution in [2.45, 2.75) is 19.3 Å². The maximum absolute atomic E-state index is 2.47. The summed E-state index contributed by atoms with van der Waals surface area (Å²) in [6.07, 6.45) is 0. The highest BCUT2D eigenvalue weighted by Gasteiger charge is 2.38. The molecule has 0 spiro atoms. The summed E-state index contributed by atoms with van der Waals surface area (Å²) in [7, 11) is 0. The minimum absolute atomic E-state index is 0.0932. The van der Waals surface area contributed by atoms with Crippen molar-refractivity contribution in [1.29, 1.82) is 0 Å². The van der Waals surface area contributed by atoms with Crippen LogP contribution in [0.2, 0.25) is 0 Å². The number of hydrogen-bond donors (Lipinski definition) is 0. The molecular formula is C53H37NS. The van der Waals surface area contributed by atoms with Gasteiger partial charge >= 0.3 is 0 Å². The van der Waals surface area contributed by atoms with Crippen molar-refractivity contribution in [2.24, 2.45) is 0 Å². The van der Waals surface area contributed by atoms with Crippen molar-refractivity contribution >= 4 is 70.1 Å². The van der Waals surface area contributed by atoms with Gasteiger partial charge in [-0.25, -0.2) is 0 Å². The first-order chi connectivity index (χ1) is 27.0. The van der Waals surface area contributed by atoms with E-state index < -0.39 is 0 Å². The van der Waals surface area contributed by atoms with Crippen molar-refractivity contribution in [3.63, 3.8) is 0 Å². The molecule has 0 radical (unpaired) electrons. The molecule has 11 rings (SSSR count). The van der Waals surface area contributed by atoms with E-state index in [2.05, 4.69) is 207 Å². The molecule has 9 aromatic carbocycles. The first kappa shape index (κ1) is 32.0. The molecule has 1 aliphatic rings. The molecular weight excluding hydrogens is 683 g/mol. The maximum atomic E-state index is 2.47. The van der Waals surface area contributed by atoms with Crippen LogP contribution in [0.5, 0.6) is 0 Å². The Balaban J connectivity index is 1.11. The van der Waals surface area contributed by atoms with E-state index in [1.165, 1.54) is 91.9 Å². The van der Waals surface area contributed by atoms with Crippen LogP contribution in [0.1, 0.15) is 25.0 Å². The van der Waals surface area contributed by atoms with Gasteiger partial charge in [-0.2, -0.15) is 0 Å². The zero-order valence-corrected chi connectivity index (χ0v) is 31.6. The van der Waals surface area contributed by atoms with Crippen LogP contribution >= 0.6 is 11.3 Å². The molecule has 1 aliphatic carbocycles. The fourth-order valence-corrected chi connectivity index (χ4v) is 10.5. The Labute approximate surface area is 325 Å². The Morgan fingerprint density at radius 3 is 2.00 bits per heavy atom. The standard InChI is InChI=1S/C53H37NS/c1-53(2)46-23-11-8-21-44(46)50-45(33-37-17-6-7-19-41(37)51(50)53)38-28-27-36-32-39(30-29-35(36)31-38)54(47-24-12-9-18-40(47)34-15-4-3-5-16-34)48-25-14-22-43-42-20-10-13-26-49(42)55-52(43)48/h3-33H,1-2H3. The zero-order valence-electron chi connectivity index (χ0n) is 30.8. The fraction of sp³-hybridized carbons (Fsp3) is 0.0566. The summed E-state index contributed by atoms with van der Waals surface area (Å²) in [6, 6.07) is 69.5. The van der Waals surface area contributed by atoms with E-state index in [9.17, 15) is 0 Å². The Bertz CT molecular complexity index is 3130. The maximum Gasteiger partial charge on any atom is 0.0640 e. The van der Waals surface area contributed by atoms with E-state index in [0.717, 1.165) is 11.4 Å². The Kier molecular flexibility index (Phi) is 7.14. The highest BCUT2D eigenvalue weighted by molar-refractivity contribution is 7.26. The number of hydrogen-bond acceptors (Lipinski definition) is 2. The molecule has 1 heterocycles. The first-order valence-corrected chi connectivity index (χ1v) is 19.9. The number of benzene rings is 9. The summed E-state index contributed by atoms with van der Waals surface area (Å²) in [5.74, 6) is 0. The van der Waals surface area contributed by atoms with Crippen LogP contribution in [0, 0.1) is 0 Å². The number of para-hydroxylation sites is 1. The van der Waals surface area contributed by atoms with Gasteiger partial charge in [0.15, 0.2) is 0 Å². The molecule has 260 valence electrons. The lowest BCUT2D eigenvalue weighted by molar-refractivity contribution is 0.666. The molecule has 55 heavy (non-hydrogen) atoms. The predicted octanol–water partition coefficient (Wildman–Crippen LogP) is 15.5. The highest BCUT2D eigenvalue weighted by Crippen LogP contribution is 2.55. The molecule has 1 aromatic heterocycles. The molecule has 0 bridgehead atoms. The smallest absolute Gasteiger partial charge is 0.0640 e. The molecule has 0 atom stereocenters. The lowest BCUT2D eigenvalue weighted by Crippen LogP contribution is -2.15. The minimum Gasteiger partial charge on any atom is -0.308 e. The molecule has 0 amide bonds. The van der Waals surface area contributed by atoms with E-state index in [4.69, 9.17) is 0 Å². The van der Waals surface area contributed by atoms with Crippen LogP contribution < -0.4 is 4.90 Å². The molecule has 2 heteroatoms. The molecule has 0 saturated carbocycles. The van der Waals surface area contributed by atoms with Gasteiger partial charge in [-0.1, -0.05) is 159 Å². The van der Waals surface area contributed by atoms with Crippen molar-refractivity contribution in [1.82, 2.24) is 0 Å². The number of thiophene rings is 1. The summed E-state index contributed by atoms with van der Waals surface area (Å²) >= 11 is 1.87. The lowest BCUT2D eigenvalue weighted by atomic mass is 9.79. The van der Waals surface area contributed by atoms with Gasteiger partial charge in [0.1, 0.15) is 0 Å². The van der Waals surface area contributed by atoms with E-state index >= 15 is 0 Å². The number of fused-ring (bicyclic) bond motifs is 9. The van der Waals surface area contributed by atoms with Crippen LogP contribution in [-0.4, -0.2) is 0 Å². The summed E-state index contributed by atoms with van der Waals surface area (Å²) in [4.78, 5) is 2.47. The second-order valence-electron chi connectivity index (χ2n) is 15.3. The van der Waals surface area contributed by atoms with Crippen LogP contribution in [-0.2, 0) is 5.41 Å². The average Bonchev–Trinajstić information content (AvgIpc) is 3.74. The molecule has 0 saturated heterocycles. The summed E-state index contributed by atoms with van der Waals surface area (Å²) in [5, 5.41) is 7.67. The van der Waals surface area contributed by atoms with E-state index in [1.54, 1.807) is 0 Å². The van der Waals surface area contributed by atoms with E-state index in [1.807, 2.05) is 11.3 Å². The van der Waals surface area contributed by atoms with Gasteiger partial charge in [0.2, 0.25) is 0 Å². The fourth-order valence-electron chi connectivity index (χ4n) is 9.27. The largest absolute Gasteiger partial charge is 0.308 e. The number of nitrogens with zero attached hydrogens (tertiary/aromatic N) is 1. The monoisotopic (exact) mass is 719 g/mol. The summed E-state index contributed by atoms with van der Waals surface area (Å²) in [6.45, 7) is 4.77. The normalized spacial score (nSPS) is 13.1. The topological polar surface area (TPSA) is 3.24 Å². The van der Waals surface area contributed by atoms with Crippen LogP contribution in [0.4, 0.5) is 17.1 Å². The molecule has 1 nitrogen and oxygen atoms in total.